The molecule has 0 saturated heterocycles. The van der Waals surface area contributed by atoms with Crippen LogP contribution in [0.4, 0.5) is 22.0 Å². The SMILES string of the molecule is Fc1c(F)c(F)c([I+]c2ccccc2)c(F)c1F. The molecule has 0 heterocycles. The molecule has 0 aromatic heterocycles. The molecule has 6 heteroatoms. The molecule has 0 amide bonds. The van der Waals surface area contributed by atoms with Gasteiger partial charge in [-0.1, -0.05) is 18.2 Å². The minimum absolute atomic E-state index is 0.569. The third-order valence-electron chi connectivity index (χ3n) is 2.09. The highest BCUT2D eigenvalue weighted by molar-refractivity contribution is 5.13. The molecule has 0 unspecified atom stereocenters. The normalized spacial score (nSPS) is 10.7. The summed E-state index contributed by atoms with van der Waals surface area (Å²) in [4.78, 5) is 0. The Morgan fingerprint density at radius 2 is 1.06 bits per heavy atom. The van der Waals surface area contributed by atoms with E-state index >= 15 is 0 Å². The molecule has 0 spiro atoms. The van der Waals surface area contributed by atoms with Gasteiger partial charge in [-0.25, -0.2) is 13.2 Å². The van der Waals surface area contributed by atoms with Crippen LogP contribution in [0.3, 0.4) is 0 Å². The molecule has 94 valence electrons. The molecule has 0 aliphatic carbocycles. The van der Waals surface area contributed by atoms with Gasteiger partial charge in [0.25, 0.3) is 3.57 Å². The molecule has 0 aliphatic rings. The minimum atomic E-state index is -2.12. The van der Waals surface area contributed by atoms with E-state index in [-0.39, 0.29) is 0 Å². The van der Waals surface area contributed by atoms with Crippen molar-refractivity contribution in [1.82, 2.24) is 0 Å². The molecule has 0 atom stereocenters. The van der Waals surface area contributed by atoms with Crippen molar-refractivity contribution in [2.45, 2.75) is 0 Å². The van der Waals surface area contributed by atoms with Gasteiger partial charge >= 0.3 is 21.2 Å². The predicted octanol–water partition coefficient (Wildman–Crippen LogP) is 0.510. The van der Waals surface area contributed by atoms with E-state index in [9.17, 15) is 22.0 Å². The Labute approximate surface area is 110 Å². The summed E-state index contributed by atoms with van der Waals surface area (Å²) in [6.07, 6.45) is 0. The van der Waals surface area contributed by atoms with Crippen molar-refractivity contribution in [3.63, 3.8) is 0 Å². The molecule has 0 saturated carbocycles. The topological polar surface area (TPSA) is 0 Å². The van der Waals surface area contributed by atoms with Gasteiger partial charge in [0.15, 0.2) is 3.57 Å². The first-order valence-electron chi connectivity index (χ1n) is 4.73. The van der Waals surface area contributed by atoms with Crippen LogP contribution in [-0.4, -0.2) is 0 Å². The summed E-state index contributed by atoms with van der Waals surface area (Å²) >= 11 is -1.46. The quantitative estimate of drug-likeness (QED) is 0.313. The van der Waals surface area contributed by atoms with Gasteiger partial charge in [-0.2, -0.15) is 8.78 Å². The number of hydrogen-bond donors (Lipinski definition) is 0. The van der Waals surface area contributed by atoms with Gasteiger partial charge in [-0.3, -0.25) is 0 Å². The molecular formula is C12H5F5I+. The Morgan fingerprint density at radius 1 is 0.611 bits per heavy atom. The molecule has 18 heavy (non-hydrogen) atoms. The van der Waals surface area contributed by atoms with Crippen LogP contribution >= 0.6 is 0 Å². The fourth-order valence-electron chi connectivity index (χ4n) is 1.25. The van der Waals surface area contributed by atoms with Crippen LogP contribution in [0, 0.1) is 36.2 Å². The molecule has 0 fully saturated rings. The van der Waals surface area contributed by atoms with Crippen molar-refractivity contribution in [3.8, 4) is 0 Å². The zero-order chi connectivity index (χ0) is 13.3. The highest BCUT2D eigenvalue weighted by Crippen LogP contribution is 2.17. The zero-order valence-electron chi connectivity index (χ0n) is 8.65. The highest BCUT2D eigenvalue weighted by Gasteiger charge is 2.34. The van der Waals surface area contributed by atoms with E-state index in [0.717, 1.165) is 0 Å². The summed E-state index contributed by atoms with van der Waals surface area (Å²) in [6, 6.07) is 8.16. The molecule has 2 rings (SSSR count). The lowest BCUT2D eigenvalue weighted by Gasteiger charge is -1.99. The van der Waals surface area contributed by atoms with Crippen molar-refractivity contribution in [2.24, 2.45) is 0 Å². The van der Waals surface area contributed by atoms with E-state index in [0.29, 0.717) is 3.57 Å². The van der Waals surface area contributed by atoms with Gasteiger partial charge < -0.3 is 0 Å². The molecule has 2 aromatic rings. The summed E-state index contributed by atoms with van der Waals surface area (Å²) in [5.41, 5.74) is 0. The standard InChI is InChI=1S/C12H5F5I/c13-7-8(14)10(16)12(11(17)9(7)15)18-6-4-2-1-3-5-6/h1-5H/q+1. The smallest absolute Gasteiger partial charge is 0.200 e. The average molecular weight is 371 g/mol. The molecule has 0 nitrogen and oxygen atoms in total. The van der Waals surface area contributed by atoms with E-state index in [4.69, 9.17) is 0 Å². The Balaban J connectivity index is 2.52. The Kier molecular flexibility index (Phi) is 3.84. The maximum atomic E-state index is 13.4. The lowest BCUT2D eigenvalue weighted by molar-refractivity contribution is -0.604. The van der Waals surface area contributed by atoms with Crippen LogP contribution in [0.25, 0.3) is 0 Å². The third-order valence-corrected chi connectivity index (χ3v) is 4.92. The maximum absolute atomic E-state index is 13.4. The molecule has 2 aromatic carbocycles. The number of benzene rings is 2. The molecule has 0 bridgehead atoms. The first kappa shape index (κ1) is 13.3. The molecule has 0 aliphatic heterocycles. The fourth-order valence-corrected chi connectivity index (χ4v) is 3.59. The van der Waals surface area contributed by atoms with Crippen molar-refractivity contribution in [2.75, 3.05) is 0 Å². The van der Waals surface area contributed by atoms with E-state index in [2.05, 4.69) is 0 Å². The van der Waals surface area contributed by atoms with Crippen LogP contribution in [-0.2, 0) is 0 Å². The molecule has 0 radical (unpaired) electrons. The Hall–Kier alpha value is -1.18. The largest absolute Gasteiger partial charge is 0.364 e. The van der Waals surface area contributed by atoms with Crippen molar-refractivity contribution in [3.05, 3.63) is 66.6 Å². The van der Waals surface area contributed by atoms with E-state index < -0.39 is 53.9 Å². The van der Waals surface area contributed by atoms with E-state index in [1.165, 1.54) is 0 Å². The second-order valence-electron chi connectivity index (χ2n) is 3.27. The predicted molar refractivity (Wildman–Crippen MR) is 50.1 cm³/mol. The molecule has 0 N–H and O–H groups in total. The van der Waals surface area contributed by atoms with Crippen LogP contribution in [0.1, 0.15) is 0 Å². The van der Waals surface area contributed by atoms with E-state index in [1.54, 1.807) is 30.3 Å². The summed E-state index contributed by atoms with van der Waals surface area (Å²) in [7, 11) is 0. The monoisotopic (exact) mass is 371 g/mol. The van der Waals surface area contributed by atoms with Crippen LogP contribution < -0.4 is 21.2 Å². The number of hydrogen-bond acceptors (Lipinski definition) is 0. The Bertz CT molecular complexity index is 554. The van der Waals surface area contributed by atoms with Gasteiger partial charge in [-0.05, 0) is 12.1 Å². The van der Waals surface area contributed by atoms with Crippen LogP contribution in [0.2, 0.25) is 0 Å². The zero-order valence-corrected chi connectivity index (χ0v) is 10.8. The van der Waals surface area contributed by atoms with Crippen molar-refractivity contribution in [1.29, 1.82) is 0 Å². The first-order chi connectivity index (χ1) is 8.52. The van der Waals surface area contributed by atoms with Gasteiger partial charge in [-0.15, -0.1) is 0 Å². The van der Waals surface area contributed by atoms with Crippen molar-refractivity contribution >= 4 is 0 Å². The summed E-state index contributed by atoms with van der Waals surface area (Å²) < 4.78 is 65.4. The minimum Gasteiger partial charge on any atom is -0.200 e. The highest BCUT2D eigenvalue weighted by atomic mass is 127. The maximum Gasteiger partial charge on any atom is 0.364 e. The number of halogens is 6. The average Bonchev–Trinajstić information content (AvgIpc) is 2.40. The Morgan fingerprint density at radius 3 is 1.56 bits per heavy atom. The second-order valence-corrected chi connectivity index (χ2v) is 6.14. The first-order valence-corrected chi connectivity index (χ1v) is 6.89. The summed E-state index contributed by atoms with van der Waals surface area (Å²) in [5, 5.41) is 0. The molecular weight excluding hydrogens is 366 g/mol. The lowest BCUT2D eigenvalue weighted by atomic mass is 10.3. The van der Waals surface area contributed by atoms with E-state index in [1.807, 2.05) is 0 Å². The van der Waals surface area contributed by atoms with Crippen LogP contribution in [0.15, 0.2) is 30.3 Å². The van der Waals surface area contributed by atoms with Crippen LogP contribution in [0.5, 0.6) is 0 Å². The third kappa shape index (κ3) is 2.33. The summed E-state index contributed by atoms with van der Waals surface area (Å²) in [5.74, 6) is -9.36. The van der Waals surface area contributed by atoms with Gasteiger partial charge in [0.1, 0.15) is 0 Å². The summed E-state index contributed by atoms with van der Waals surface area (Å²) in [6.45, 7) is 0. The van der Waals surface area contributed by atoms with Crippen molar-refractivity contribution < 1.29 is 43.2 Å². The van der Waals surface area contributed by atoms with Gasteiger partial charge in [0.2, 0.25) is 29.1 Å². The van der Waals surface area contributed by atoms with Gasteiger partial charge in [0, 0.05) is 0 Å². The fraction of sp³-hybridized carbons (Fsp3) is 0. The second kappa shape index (κ2) is 5.21. The van der Waals surface area contributed by atoms with Gasteiger partial charge in [0.05, 0.1) is 0 Å². The number of rotatable bonds is 2. The lowest BCUT2D eigenvalue weighted by Crippen LogP contribution is -3.62.